The topological polar surface area (TPSA) is 113 Å². The summed E-state index contributed by atoms with van der Waals surface area (Å²) in [6.45, 7) is 6.78. The molecule has 0 radical (unpaired) electrons. The number of carbonyl (C=O) groups is 1. The summed E-state index contributed by atoms with van der Waals surface area (Å²) in [5, 5.41) is 21.0. The molecule has 1 aromatic heterocycles. The molecule has 10 heteroatoms. The summed E-state index contributed by atoms with van der Waals surface area (Å²) < 4.78 is 6.32. The van der Waals surface area contributed by atoms with Gasteiger partial charge in [-0.05, 0) is 56.8 Å². The van der Waals surface area contributed by atoms with E-state index in [0.29, 0.717) is 44.8 Å². The number of anilines is 2. The Morgan fingerprint density at radius 2 is 1.89 bits per heavy atom. The van der Waals surface area contributed by atoms with Gasteiger partial charge in [0, 0.05) is 54.9 Å². The number of likely N-dealkylation sites (N-methyl/N-ethyl adjacent to an activating group) is 1. The first-order valence-corrected chi connectivity index (χ1v) is 15.9. The van der Waals surface area contributed by atoms with Gasteiger partial charge in [0.15, 0.2) is 0 Å². The second kappa shape index (κ2) is 13.5. The normalized spacial score (nSPS) is 20.3. The molecule has 0 unspecified atom stereocenters. The molecule has 0 N–H and O–H groups in total. The van der Waals surface area contributed by atoms with Crippen LogP contribution < -0.4 is 14.5 Å². The van der Waals surface area contributed by atoms with Crippen molar-refractivity contribution in [3.05, 3.63) is 65.4 Å². The largest absolute Gasteiger partial charge is 0.462 e. The van der Waals surface area contributed by atoms with Gasteiger partial charge in [-0.15, -0.1) is 0 Å². The number of carbonyl (C=O) groups excluding carboxylic acids is 1. The Balaban J connectivity index is 1.31. The Bertz CT molecular complexity index is 1670. The molecule has 0 bridgehead atoms. The van der Waals surface area contributed by atoms with Gasteiger partial charge in [0.05, 0.1) is 43.3 Å². The number of nitrogens with zero attached hydrogens (tertiary/aromatic N) is 8. The predicted octanol–water partition coefficient (Wildman–Crippen LogP) is 4.37. The SMILES string of the molecule is Cc1cccc2cccc(N3CCc4c(nc(OC[C@@H]5CCCN5C)nc4N4CCN(C(=O)/C=C\CC#N)[C@@H](CC#N)C4)C3)c12. The summed E-state index contributed by atoms with van der Waals surface area (Å²) in [5.41, 5.74) is 4.52. The zero-order valence-corrected chi connectivity index (χ0v) is 26.2. The molecule has 6 rings (SSSR count). The highest BCUT2D eigenvalue weighted by Crippen LogP contribution is 2.36. The Labute approximate surface area is 265 Å². The first-order chi connectivity index (χ1) is 22.0. The highest BCUT2D eigenvalue weighted by molar-refractivity contribution is 5.97. The highest BCUT2D eigenvalue weighted by Gasteiger charge is 2.34. The number of allylic oxidation sites excluding steroid dienone is 1. The zero-order valence-electron chi connectivity index (χ0n) is 26.2. The van der Waals surface area contributed by atoms with Crippen LogP contribution in [0.15, 0.2) is 48.6 Å². The molecule has 0 saturated carbocycles. The fraction of sp³-hybridized carbons (Fsp3) is 0.457. The second-order valence-electron chi connectivity index (χ2n) is 12.2. The van der Waals surface area contributed by atoms with E-state index in [1.165, 1.54) is 28.1 Å². The van der Waals surface area contributed by atoms with Gasteiger partial charge in [0.1, 0.15) is 12.4 Å². The minimum Gasteiger partial charge on any atom is -0.462 e. The highest BCUT2D eigenvalue weighted by atomic mass is 16.5. The molecule has 232 valence electrons. The van der Waals surface area contributed by atoms with E-state index in [9.17, 15) is 10.1 Å². The third-order valence-electron chi connectivity index (χ3n) is 9.39. The molecule has 2 aromatic carbocycles. The number of rotatable bonds is 8. The molecule has 3 aliphatic heterocycles. The molecule has 3 aromatic rings. The van der Waals surface area contributed by atoms with Crippen molar-refractivity contribution in [1.82, 2.24) is 19.8 Å². The Morgan fingerprint density at radius 1 is 1.04 bits per heavy atom. The zero-order chi connectivity index (χ0) is 31.3. The molecule has 4 heterocycles. The van der Waals surface area contributed by atoms with Crippen molar-refractivity contribution in [3.63, 3.8) is 0 Å². The minimum atomic E-state index is -0.288. The summed E-state index contributed by atoms with van der Waals surface area (Å²) in [5.74, 6) is 0.680. The van der Waals surface area contributed by atoms with Crippen LogP contribution in [-0.4, -0.2) is 84.1 Å². The molecular formula is C35H40N8O2. The van der Waals surface area contributed by atoms with Crippen molar-refractivity contribution in [2.75, 3.05) is 56.2 Å². The van der Waals surface area contributed by atoms with E-state index >= 15 is 0 Å². The maximum absolute atomic E-state index is 13.0. The van der Waals surface area contributed by atoms with Crippen molar-refractivity contribution in [2.45, 2.75) is 57.7 Å². The summed E-state index contributed by atoms with van der Waals surface area (Å²) in [6.07, 6.45) is 6.45. The molecule has 10 nitrogen and oxygen atoms in total. The Hall–Kier alpha value is -4.67. The van der Waals surface area contributed by atoms with Gasteiger partial charge in [0.25, 0.3) is 0 Å². The molecule has 0 aliphatic carbocycles. The summed E-state index contributed by atoms with van der Waals surface area (Å²) in [4.78, 5) is 31.7. The van der Waals surface area contributed by atoms with Crippen LogP contribution >= 0.6 is 0 Å². The van der Waals surface area contributed by atoms with E-state index in [1.54, 1.807) is 11.0 Å². The average Bonchev–Trinajstić information content (AvgIpc) is 3.47. The smallest absolute Gasteiger partial charge is 0.318 e. The van der Waals surface area contributed by atoms with Crippen LogP contribution in [0.3, 0.4) is 0 Å². The maximum atomic E-state index is 13.0. The lowest BCUT2D eigenvalue weighted by atomic mass is 9.99. The van der Waals surface area contributed by atoms with E-state index in [0.717, 1.165) is 49.4 Å². The summed E-state index contributed by atoms with van der Waals surface area (Å²) >= 11 is 0. The fourth-order valence-electron chi connectivity index (χ4n) is 6.98. The maximum Gasteiger partial charge on any atom is 0.318 e. The number of aryl methyl sites for hydroxylation is 1. The first-order valence-electron chi connectivity index (χ1n) is 15.9. The van der Waals surface area contributed by atoms with Gasteiger partial charge in [-0.3, -0.25) is 4.79 Å². The van der Waals surface area contributed by atoms with Gasteiger partial charge >= 0.3 is 6.01 Å². The van der Waals surface area contributed by atoms with Crippen LogP contribution in [0.2, 0.25) is 0 Å². The van der Waals surface area contributed by atoms with Gasteiger partial charge in [-0.25, -0.2) is 0 Å². The average molecular weight is 605 g/mol. The number of amides is 1. The lowest BCUT2D eigenvalue weighted by Gasteiger charge is -2.42. The van der Waals surface area contributed by atoms with Gasteiger partial charge < -0.3 is 24.3 Å². The van der Waals surface area contributed by atoms with Crippen molar-refractivity contribution in [2.24, 2.45) is 0 Å². The number of hydrogen-bond acceptors (Lipinski definition) is 9. The van der Waals surface area contributed by atoms with Gasteiger partial charge in [-0.1, -0.05) is 36.4 Å². The summed E-state index contributed by atoms with van der Waals surface area (Å²) in [7, 11) is 2.13. The van der Waals surface area contributed by atoms with Crippen LogP contribution in [0.25, 0.3) is 10.8 Å². The van der Waals surface area contributed by atoms with Gasteiger partial charge in [0.2, 0.25) is 5.91 Å². The van der Waals surface area contributed by atoms with E-state index in [2.05, 4.69) is 71.1 Å². The third-order valence-corrected chi connectivity index (χ3v) is 9.39. The minimum absolute atomic E-state index is 0.166. The monoisotopic (exact) mass is 604 g/mol. The van der Waals surface area contributed by atoms with Crippen molar-refractivity contribution < 1.29 is 9.53 Å². The van der Waals surface area contributed by atoms with E-state index in [4.69, 9.17) is 20.0 Å². The molecule has 3 aliphatic rings. The summed E-state index contributed by atoms with van der Waals surface area (Å²) in [6, 6.07) is 17.7. The Morgan fingerprint density at radius 3 is 2.67 bits per heavy atom. The quantitative estimate of drug-likeness (QED) is 0.346. The molecule has 2 fully saturated rings. The van der Waals surface area contributed by atoms with Crippen LogP contribution in [0, 0.1) is 29.6 Å². The number of nitriles is 2. The standard InChI is InChI=1S/C35H40N8O2/c1-25-8-5-9-26-10-6-12-31(33(25)26)41-19-15-29-30(23-41)38-35(45-24-28-11-7-18-40(28)2)39-34(29)42-20-21-43(27(22-42)14-17-37)32(44)13-3-4-16-36/h3,5-6,8-10,12-13,27-28H,4,7,11,14-15,18-24H2,1-2H3/b13-3-/t27-,28-/m0/s1. The van der Waals surface area contributed by atoms with Crippen molar-refractivity contribution in [3.8, 4) is 18.1 Å². The number of likely N-dealkylation sites (tertiary alicyclic amines) is 1. The second-order valence-corrected chi connectivity index (χ2v) is 12.2. The van der Waals surface area contributed by atoms with E-state index in [-0.39, 0.29) is 24.8 Å². The number of aromatic nitrogens is 2. The van der Waals surface area contributed by atoms with Crippen LogP contribution in [-0.2, 0) is 17.8 Å². The number of ether oxygens (including phenoxy) is 1. The number of hydrogen-bond donors (Lipinski definition) is 0. The molecule has 2 saturated heterocycles. The lowest BCUT2D eigenvalue weighted by molar-refractivity contribution is -0.128. The number of piperazine rings is 1. The van der Waals surface area contributed by atoms with E-state index < -0.39 is 0 Å². The van der Waals surface area contributed by atoms with Crippen LogP contribution in [0.4, 0.5) is 11.5 Å². The molecule has 0 spiro atoms. The first kappa shape index (κ1) is 30.4. The van der Waals surface area contributed by atoms with Crippen molar-refractivity contribution >= 4 is 28.2 Å². The van der Waals surface area contributed by atoms with Gasteiger partial charge in [-0.2, -0.15) is 20.5 Å². The molecule has 2 atom stereocenters. The lowest BCUT2D eigenvalue weighted by Crippen LogP contribution is -2.55. The molecule has 1 amide bonds. The Kier molecular flexibility index (Phi) is 9.13. The fourth-order valence-corrected chi connectivity index (χ4v) is 6.98. The predicted molar refractivity (Wildman–Crippen MR) is 174 cm³/mol. The van der Waals surface area contributed by atoms with Crippen LogP contribution in [0.1, 0.15) is 42.5 Å². The number of fused-ring (bicyclic) bond motifs is 2. The molecular weight excluding hydrogens is 564 g/mol. The third kappa shape index (κ3) is 6.43. The van der Waals surface area contributed by atoms with Crippen molar-refractivity contribution in [1.29, 1.82) is 10.5 Å². The van der Waals surface area contributed by atoms with E-state index in [1.807, 2.05) is 6.07 Å². The number of benzene rings is 2. The molecule has 45 heavy (non-hydrogen) atoms. The van der Waals surface area contributed by atoms with Crippen LogP contribution in [0.5, 0.6) is 6.01 Å².